The Morgan fingerprint density at radius 1 is 1.04 bits per heavy atom. The van der Waals surface area contributed by atoms with Gasteiger partial charge in [0.05, 0.1) is 5.56 Å². The van der Waals surface area contributed by atoms with Crippen LogP contribution in [0.1, 0.15) is 11.3 Å². The molecule has 5 nitrogen and oxygen atoms in total. The molecule has 0 atom stereocenters. The SMILES string of the molecule is Cc1cc(-c2noc(CF)c2-c2cc(F)c(S(N)(=O)=O)c(F)c2)ccc1F. The molecule has 0 fully saturated rings. The summed E-state index contributed by atoms with van der Waals surface area (Å²) in [5.41, 5.74) is 0.326. The van der Waals surface area contributed by atoms with Gasteiger partial charge in [0.15, 0.2) is 17.3 Å². The second-order valence-corrected chi connectivity index (χ2v) is 7.24. The van der Waals surface area contributed by atoms with Crippen molar-refractivity contribution in [2.45, 2.75) is 18.5 Å². The molecule has 2 aromatic carbocycles. The number of hydrogen-bond donors (Lipinski definition) is 1. The van der Waals surface area contributed by atoms with Gasteiger partial charge in [0, 0.05) is 5.56 Å². The lowest BCUT2D eigenvalue weighted by molar-refractivity contribution is 0.332. The number of rotatable bonds is 4. The van der Waals surface area contributed by atoms with Gasteiger partial charge in [-0.2, -0.15) is 0 Å². The molecule has 0 aliphatic rings. The van der Waals surface area contributed by atoms with Crippen molar-refractivity contribution in [3.05, 3.63) is 59.1 Å². The number of nitrogens with two attached hydrogens (primary N) is 1. The summed E-state index contributed by atoms with van der Waals surface area (Å²) in [6.07, 6.45) is 0. The Morgan fingerprint density at radius 3 is 2.19 bits per heavy atom. The fraction of sp³-hybridized carbons (Fsp3) is 0.118. The fourth-order valence-electron chi connectivity index (χ4n) is 2.68. The zero-order valence-corrected chi connectivity index (χ0v) is 14.6. The number of alkyl halides is 1. The van der Waals surface area contributed by atoms with Gasteiger partial charge in [0.2, 0.25) is 10.0 Å². The number of primary sulfonamides is 1. The van der Waals surface area contributed by atoms with Gasteiger partial charge in [-0.15, -0.1) is 0 Å². The molecule has 27 heavy (non-hydrogen) atoms. The van der Waals surface area contributed by atoms with Crippen molar-refractivity contribution in [2.24, 2.45) is 5.14 Å². The molecular formula is C17H12F4N2O3S. The first-order chi connectivity index (χ1) is 12.6. The third-order valence-electron chi connectivity index (χ3n) is 3.89. The molecule has 0 saturated carbocycles. The summed E-state index contributed by atoms with van der Waals surface area (Å²) >= 11 is 0. The lowest BCUT2D eigenvalue weighted by Gasteiger charge is -2.08. The Morgan fingerprint density at radius 2 is 1.67 bits per heavy atom. The minimum Gasteiger partial charge on any atom is -0.357 e. The molecule has 0 bridgehead atoms. The summed E-state index contributed by atoms with van der Waals surface area (Å²) in [5, 5.41) is 8.51. The van der Waals surface area contributed by atoms with Crippen LogP contribution in [0.2, 0.25) is 0 Å². The second-order valence-electron chi connectivity index (χ2n) is 5.74. The van der Waals surface area contributed by atoms with Crippen LogP contribution in [0, 0.1) is 24.4 Å². The number of sulfonamides is 1. The number of aryl methyl sites for hydroxylation is 1. The van der Waals surface area contributed by atoms with Crippen LogP contribution in [0.5, 0.6) is 0 Å². The van der Waals surface area contributed by atoms with Gasteiger partial charge in [-0.1, -0.05) is 5.16 Å². The highest BCUT2D eigenvalue weighted by molar-refractivity contribution is 7.89. The van der Waals surface area contributed by atoms with Crippen molar-refractivity contribution >= 4 is 10.0 Å². The van der Waals surface area contributed by atoms with E-state index in [0.717, 1.165) is 6.07 Å². The van der Waals surface area contributed by atoms with Crippen LogP contribution in [0.15, 0.2) is 39.8 Å². The van der Waals surface area contributed by atoms with Crippen LogP contribution in [0.25, 0.3) is 22.4 Å². The molecule has 0 amide bonds. The van der Waals surface area contributed by atoms with Crippen LogP contribution in [-0.4, -0.2) is 13.6 Å². The van der Waals surface area contributed by atoms with E-state index in [-0.39, 0.29) is 28.1 Å². The van der Waals surface area contributed by atoms with Crippen molar-refractivity contribution in [3.8, 4) is 22.4 Å². The van der Waals surface area contributed by atoms with Crippen LogP contribution in [0.4, 0.5) is 17.6 Å². The molecular weight excluding hydrogens is 388 g/mol. The van der Waals surface area contributed by atoms with Crippen molar-refractivity contribution in [1.29, 1.82) is 0 Å². The Hall–Kier alpha value is -2.72. The maximum absolute atomic E-state index is 14.2. The Labute approximate surface area is 151 Å². The molecule has 142 valence electrons. The van der Waals surface area contributed by atoms with Gasteiger partial charge >= 0.3 is 0 Å². The molecule has 1 aromatic heterocycles. The third kappa shape index (κ3) is 3.45. The summed E-state index contributed by atoms with van der Waals surface area (Å²) in [6, 6.07) is 5.29. The molecule has 0 aliphatic heterocycles. The summed E-state index contributed by atoms with van der Waals surface area (Å²) < 4.78 is 82.7. The van der Waals surface area contributed by atoms with Gasteiger partial charge in [0.25, 0.3) is 0 Å². The smallest absolute Gasteiger partial charge is 0.243 e. The van der Waals surface area contributed by atoms with Crippen LogP contribution >= 0.6 is 0 Å². The topological polar surface area (TPSA) is 86.2 Å². The fourth-order valence-corrected chi connectivity index (χ4v) is 3.34. The van der Waals surface area contributed by atoms with Gasteiger partial charge in [-0.3, -0.25) is 0 Å². The number of halogens is 4. The first-order valence-electron chi connectivity index (χ1n) is 7.46. The van der Waals surface area contributed by atoms with Gasteiger partial charge in [-0.25, -0.2) is 31.1 Å². The van der Waals surface area contributed by atoms with E-state index < -0.39 is 39.0 Å². The Balaban J connectivity index is 2.26. The third-order valence-corrected chi connectivity index (χ3v) is 4.85. The molecule has 2 N–H and O–H groups in total. The van der Waals surface area contributed by atoms with Crippen molar-refractivity contribution < 1.29 is 30.5 Å². The zero-order chi connectivity index (χ0) is 19.9. The average molecular weight is 400 g/mol. The lowest BCUT2D eigenvalue weighted by Crippen LogP contribution is -2.16. The van der Waals surface area contributed by atoms with Gasteiger partial charge in [0.1, 0.15) is 23.1 Å². The van der Waals surface area contributed by atoms with Crippen LogP contribution in [-0.2, 0) is 16.7 Å². The van der Waals surface area contributed by atoms with E-state index in [2.05, 4.69) is 5.16 Å². The predicted molar refractivity (Wildman–Crippen MR) is 88.2 cm³/mol. The maximum Gasteiger partial charge on any atom is 0.243 e. The predicted octanol–water partition coefficient (Wildman–Crippen LogP) is 3.85. The highest BCUT2D eigenvalue weighted by Gasteiger charge is 2.26. The van der Waals surface area contributed by atoms with Crippen molar-refractivity contribution in [2.75, 3.05) is 0 Å². The van der Waals surface area contributed by atoms with Gasteiger partial charge in [-0.05, 0) is 48.4 Å². The average Bonchev–Trinajstić information content (AvgIpc) is 2.99. The Bertz CT molecular complexity index is 1120. The quantitative estimate of drug-likeness (QED) is 0.674. The molecule has 3 rings (SSSR count). The molecule has 3 aromatic rings. The maximum atomic E-state index is 14.2. The van der Waals surface area contributed by atoms with Crippen molar-refractivity contribution in [1.82, 2.24) is 5.16 Å². The molecule has 0 aliphatic carbocycles. The minimum absolute atomic E-state index is 0.0212. The summed E-state index contributed by atoms with van der Waals surface area (Å²) in [5.74, 6) is -3.70. The molecule has 0 spiro atoms. The monoisotopic (exact) mass is 400 g/mol. The standard InChI is InChI=1S/C17H12F4N2O3S/c1-8-4-9(2-3-11(8)19)16-15(14(7-18)26-23-16)10-5-12(20)17(13(21)6-10)27(22,24)25/h2-6H,7H2,1H3,(H2,22,24,25). The van der Waals surface area contributed by atoms with E-state index >= 15 is 0 Å². The van der Waals surface area contributed by atoms with E-state index in [4.69, 9.17) is 9.66 Å². The summed E-state index contributed by atoms with van der Waals surface area (Å²) in [4.78, 5) is -1.30. The first-order valence-corrected chi connectivity index (χ1v) is 9.01. The number of nitrogens with zero attached hydrogens (tertiary/aromatic N) is 1. The second kappa shape index (κ2) is 6.78. The van der Waals surface area contributed by atoms with E-state index in [1.807, 2.05) is 0 Å². The van der Waals surface area contributed by atoms with E-state index in [1.54, 1.807) is 0 Å². The number of benzene rings is 2. The van der Waals surface area contributed by atoms with Crippen molar-refractivity contribution in [3.63, 3.8) is 0 Å². The van der Waals surface area contributed by atoms with E-state index in [9.17, 15) is 26.0 Å². The number of aromatic nitrogens is 1. The van der Waals surface area contributed by atoms with Gasteiger partial charge < -0.3 is 4.52 Å². The Kier molecular flexibility index (Phi) is 4.79. The normalized spacial score (nSPS) is 11.8. The molecule has 0 unspecified atom stereocenters. The van der Waals surface area contributed by atoms with E-state index in [0.29, 0.717) is 17.7 Å². The summed E-state index contributed by atoms with van der Waals surface area (Å²) in [7, 11) is -4.64. The molecule has 10 heteroatoms. The zero-order valence-electron chi connectivity index (χ0n) is 13.8. The highest BCUT2D eigenvalue weighted by Crippen LogP contribution is 2.37. The first kappa shape index (κ1) is 19.1. The minimum atomic E-state index is -4.64. The molecule has 0 saturated heterocycles. The lowest BCUT2D eigenvalue weighted by atomic mass is 9.98. The highest BCUT2D eigenvalue weighted by atomic mass is 32.2. The van der Waals surface area contributed by atoms with Crippen LogP contribution < -0.4 is 5.14 Å². The van der Waals surface area contributed by atoms with E-state index in [1.165, 1.54) is 19.1 Å². The molecule has 1 heterocycles. The van der Waals surface area contributed by atoms with Crippen LogP contribution in [0.3, 0.4) is 0 Å². The molecule has 0 radical (unpaired) electrons. The number of hydrogen-bond acceptors (Lipinski definition) is 4. The summed E-state index contributed by atoms with van der Waals surface area (Å²) in [6.45, 7) is 0.359. The largest absolute Gasteiger partial charge is 0.357 e.